The van der Waals surface area contributed by atoms with Crippen LogP contribution in [-0.2, 0) is 16.6 Å². The molecule has 2 heteroatoms. The summed E-state index contributed by atoms with van der Waals surface area (Å²) in [5, 5.41) is 0. The molecule has 1 heterocycles. The fourth-order valence-corrected chi connectivity index (χ4v) is 3.27. The molecule has 1 atom stereocenters. The Balaban J connectivity index is 1.98. The van der Waals surface area contributed by atoms with E-state index in [0.717, 1.165) is 17.7 Å². The minimum Gasteiger partial charge on any atom is -0.308 e. The lowest BCUT2D eigenvalue weighted by Gasteiger charge is -2.33. The third-order valence-corrected chi connectivity index (χ3v) is 4.73. The van der Waals surface area contributed by atoms with Crippen LogP contribution in [0.1, 0.15) is 37.5 Å². The van der Waals surface area contributed by atoms with Crippen LogP contribution in [0, 0.1) is 6.92 Å². The largest absolute Gasteiger partial charge is 0.308 e. The van der Waals surface area contributed by atoms with Crippen molar-refractivity contribution in [1.29, 1.82) is 0 Å². The van der Waals surface area contributed by atoms with E-state index in [1.807, 2.05) is 30.9 Å². The zero-order chi connectivity index (χ0) is 15.9. The van der Waals surface area contributed by atoms with Gasteiger partial charge in [-0.2, -0.15) is 0 Å². The minimum atomic E-state index is -0.528. The van der Waals surface area contributed by atoms with Gasteiger partial charge in [-0.15, -0.1) is 0 Å². The molecule has 0 N–H and O–H groups in total. The molecule has 0 aliphatic carbocycles. The maximum atomic E-state index is 13.3. The number of carbonyl (C=O) groups is 1. The number of hydrogen-bond acceptors (Lipinski definition) is 1. The van der Waals surface area contributed by atoms with E-state index in [-0.39, 0.29) is 11.9 Å². The third kappa shape index (κ3) is 2.33. The van der Waals surface area contributed by atoms with Crippen LogP contribution in [0.2, 0.25) is 0 Å². The van der Waals surface area contributed by atoms with Crippen molar-refractivity contribution in [3.63, 3.8) is 0 Å². The molecule has 1 unspecified atom stereocenters. The van der Waals surface area contributed by atoms with E-state index < -0.39 is 5.41 Å². The molecule has 0 radical (unpaired) electrons. The zero-order valence-corrected chi connectivity index (χ0v) is 13.8. The van der Waals surface area contributed by atoms with Crippen molar-refractivity contribution in [3.05, 3.63) is 65.2 Å². The molecule has 0 fully saturated rings. The molecule has 1 aliphatic rings. The van der Waals surface area contributed by atoms with E-state index in [4.69, 9.17) is 0 Å². The zero-order valence-electron chi connectivity index (χ0n) is 13.8. The predicted octanol–water partition coefficient (Wildman–Crippen LogP) is 4.25. The lowest BCUT2D eigenvalue weighted by molar-refractivity contribution is -0.123. The number of amides is 1. The lowest BCUT2D eigenvalue weighted by atomic mass is 9.82. The van der Waals surface area contributed by atoms with E-state index >= 15 is 0 Å². The van der Waals surface area contributed by atoms with Gasteiger partial charge < -0.3 is 4.90 Å². The highest BCUT2D eigenvalue weighted by molar-refractivity contribution is 6.02. The summed E-state index contributed by atoms with van der Waals surface area (Å²) >= 11 is 0. The van der Waals surface area contributed by atoms with Gasteiger partial charge in [0.25, 0.3) is 0 Å². The Kier molecular flexibility index (Phi) is 3.56. The van der Waals surface area contributed by atoms with E-state index in [1.165, 1.54) is 11.1 Å². The number of hydrogen-bond donors (Lipinski definition) is 0. The number of benzene rings is 2. The predicted molar refractivity (Wildman–Crippen MR) is 91.3 cm³/mol. The fraction of sp³-hybridized carbons (Fsp3) is 0.350. The summed E-state index contributed by atoms with van der Waals surface area (Å²) in [6.07, 6.45) is 0.936. The lowest BCUT2D eigenvalue weighted by Crippen LogP contribution is -2.46. The molecule has 0 aromatic heterocycles. The maximum Gasteiger partial charge on any atom is 0.237 e. The fourth-order valence-electron chi connectivity index (χ4n) is 3.27. The van der Waals surface area contributed by atoms with Crippen molar-refractivity contribution in [3.8, 4) is 0 Å². The Morgan fingerprint density at radius 2 is 1.73 bits per heavy atom. The van der Waals surface area contributed by atoms with Gasteiger partial charge in [0.15, 0.2) is 0 Å². The Bertz CT molecular complexity index is 700. The molecule has 0 saturated carbocycles. The molecule has 1 aliphatic heterocycles. The van der Waals surface area contributed by atoms with Crippen LogP contribution in [0.3, 0.4) is 0 Å². The second-order valence-electron chi connectivity index (χ2n) is 6.85. The van der Waals surface area contributed by atoms with Crippen LogP contribution >= 0.6 is 0 Å². The third-order valence-electron chi connectivity index (χ3n) is 4.73. The van der Waals surface area contributed by atoms with E-state index in [9.17, 15) is 4.79 Å². The minimum absolute atomic E-state index is 0.175. The quantitative estimate of drug-likeness (QED) is 0.810. The highest BCUT2D eigenvalue weighted by Crippen LogP contribution is 2.36. The first kappa shape index (κ1) is 14.8. The van der Waals surface area contributed by atoms with Crippen molar-refractivity contribution in [2.24, 2.45) is 0 Å². The SMILES string of the molecule is Cc1ccc(C(C)(C)C(=O)N2c3ccccc3CC2C)cc1. The Hall–Kier alpha value is -2.09. The number of nitrogens with zero attached hydrogens (tertiary/aromatic N) is 1. The van der Waals surface area contributed by atoms with Gasteiger partial charge in [-0.3, -0.25) is 4.79 Å². The summed E-state index contributed by atoms with van der Waals surface area (Å²) in [5.74, 6) is 0.175. The van der Waals surface area contributed by atoms with Crippen LogP contribution in [-0.4, -0.2) is 11.9 Å². The van der Waals surface area contributed by atoms with Crippen molar-refractivity contribution in [1.82, 2.24) is 0 Å². The van der Waals surface area contributed by atoms with Crippen LogP contribution in [0.4, 0.5) is 5.69 Å². The summed E-state index contributed by atoms with van der Waals surface area (Å²) < 4.78 is 0. The highest BCUT2D eigenvalue weighted by atomic mass is 16.2. The summed E-state index contributed by atoms with van der Waals surface area (Å²) in [6.45, 7) is 8.24. The standard InChI is InChI=1S/C20H23NO/c1-14-9-11-17(12-10-14)20(3,4)19(22)21-15(2)13-16-7-5-6-8-18(16)21/h5-12,15H,13H2,1-4H3. The number of para-hydroxylation sites is 1. The van der Waals surface area contributed by atoms with Crippen molar-refractivity contribution < 1.29 is 4.79 Å². The molecule has 0 saturated heterocycles. The molecule has 114 valence electrons. The second-order valence-corrected chi connectivity index (χ2v) is 6.85. The normalized spacial score (nSPS) is 17.5. The number of fused-ring (bicyclic) bond motifs is 1. The van der Waals surface area contributed by atoms with E-state index in [1.54, 1.807) is 0 Å². The molecule has 2 aromatic carbocycles. The summed E-state index contributed by atoms with van der Waals surface area (Å²) in [7, 11) is 0. The molecule has 2 nitrogen and oxygen atoms in total. The van der Waals surface area contributed by atoms with Crippen molar-refractivity contribution in [2.75, 3.05) is 4.90 Å². The number of rotatable bonds is 2. The molecular weight excluding hydrogens is 270 g/mol. The van der Waals surface area contributed by atoms with Gasteiger partial charge in [0.1, 0.15) is 0 Å². The number of anilines is 1. The molecular formula is C20H23NO. The Labute approximate surface area is 132 Å². The van der Waals surface area contributed by atoms with Crippen LogP contribution < -0.4 is 4.90 Å². The van der Waals surface area contributed by atoms with Gasteiger partial charge in [-0.25, -0.2) is 0 Å². The van der Waals surface area contributed by atoms with Crippen molar-refractivity contribution in [2.45, 2.75) is 45.6 Å². The average molecular weight is 293 g/mol. The average Bonchev–Trinajstić information content (AvgIpc) is 2.82. The van der Waals surface area contributed by atoms with Gasteiger partial charge in [0.05, 0.1) is 5.41 Å². The molecule has 3 rings (SSSR count). The number of carbonyl (C=O) groups excluding carboxylic acids is 1. The van der Waals surface area contributed by atoms with E-state index in [2.05, 4.69) is 50.2 Å². The smallest absolute Gasteiger partial charge is 0.237 e. The topological polar surface area (TPSA) is 20.3 Å². The van der Waals surface area contributed by atoms with Crippen LogP contribution in [0.25, 0.3) is 0 Å². The summed E-state index contributed by atoms with van der Waals surface area (Å²) in [6, 6.07) is 16.7. The monoisotopic (exact) mass is 293 g/mol. The molecule has 1 amide bonds. The van der Waals surface area contributed by atoms with Gasteiger partial charge in [-0.1, -0.05) is 48.0 Å². The number of aryl methyl sites for hydroxylation is 1. The molecule has 2 aromatic rings. The van der Waals surface area contributed by atoms with Crippen molar-refractivity contribution >= 4 is 11.6 Å². The maximum absolute atomic E-state index is 13.3. The first-order chi connectivity index (χ1) is 10.4. The second kappa shape index (κ2) is 5.28. The first-order valence-corrected chi connectivity index (χ1v) is 7.90. The molecule has 22 heavy (non-hydrogen) atoms. The Morgan fingerprint density at radius 1 is 1.09 bits per heavy atom. The van der Waals surface area contributed by atoms with Gasteiger partial charge in [0.2, 0.25) is 5.91 Å². The van der Waals surface area contributed by atoms with Gasteiger partial charge in [0, 0.05) is 11.7 Å². The van der Waals surface area contributed by atoms with Crippen LogP contribution in [0.5, 0.6) is 0 Å². The van der Waals surface area contributed by atoms with Gasteiger partial charge in [-0.05, 0) is 51.3 Å². The Morgan fingerprint density at radius 3 is 2.41 bits per heavy atom. The van der Waals surface area contributed by atoms with Crippen LogP contribution in [0.15, 0.2) is 48.5 Å². The summed E-state index contributed by atoms with van der Waals surface area (Å²) in [4.78, 5) is 15.2. The molecule has 0 bridgehead atoms. The first-order valence-electron chi connectivity index (χ1n) is 7.90. The highest BCUT2D eigenvalue weighted by Gasteiger charge is 2.39. The summed E-state index contributed by atoms with van der Waals surface area (Å²) in [5.41, 5.74) is 4.09. The van der Waals surface area contributed by atoms with Gasteiger partial charge >= 0.3 is 0 Å². The molecule has 0 spiro atoms. The van der Waals surface area contributed by atoms with E-state index in [0.29, 0.717) is 0 Å².